The van der Waals surface area contributed by atoms with Crippen molar-refractivity contribution in [1.29, 1.82) is 0 Å². The molecule has 27 heavy (non-hydrogen) atoms. The Bertz CT molecular complexity index is 908. The summed E-state index contributed by atoms with van der Waals surface area (Å²) in [7, 11) is 0. The van der Waals surface area contributed by atoms with Crippen LogP contribution in [0.15, 0.2) is 89.9 Å². The zero-order valence-electron chi connectivity index (χ0n) is 14.5. The largest absolute Gasteiger partial charge is 0.257 e. The van der Waals surface area contributed by atoms with E-state index in [1.54, 1.807) is 0 Å². The van der Waals surface area contributed by atoms with Gasteiger partial charge in [-0.2, -0.15) is 0 Å². The van der Waals surface area contributed by atoms with E-state index in [1.165, 1.54) is 0 Å². The second-order valence-electron chi connectivity index (χ2n) is 6.31. The fraction of sp³-hybridized carbons (Fsp3) is 0.294. The van der Waals surface area contributed by atoms with Gasteiger partial charge in [0.1, 0.15) is 0 Å². The Balaban J connectivity index is 2.00. The molecule has 0 bridgehead atoms. The normalized spacial score (nSPS) is 19.1. The Hall–Kier alpha value is -2.58. The molecule has 8 nitrogen and oxygen atoms in total. The summed E-state index contributed by atoms with van der Waals surface area (Å²) in [6.07, 6.45) is 0. The van der Waals surface area contributed by atoms with E-state index in [0.29, 0.717) is 11.1 Å². The van der Waals surface area contributed by atoms with Crippen molar-refractivity contribution in [3.63, 3.8) is 0 Å². The molecule has 0 aromatic heterocycles. The number of hydrogen-bond donors (Lipinski definition) is 0. The number of rotatable bonds is 4. The predicted octanol–water partition coefficient (Wildman–Crippen LogP) is 6.15. The summed E-state index contributed by atoms with van der Waals surface area (Å²) in [6.45, 7) is 3.81. The molecule has 2 aromatic rings. The summed E-state index contributed by atoms with van der Waals surface area (Å²) in [6, 6.07) is 14.9. The molecule has 0 saturated carbocycles. The molecule has 0 radical (unpaired) electrons. The van der Waals surface area contributed by atoms with Gasteiger partial charge < -0.3 is 0 Å². The van der Waals surface area contributed by atoms with Crippen molar-refractivity contribution in [3.8, 4) is 0 Å². The lowest BCUT2D eigenvalue weighted by atomic mass is 9.82. The highest BCUT2D eigenvalue weighted by Crippen LogP contribution is 2.61. The third-order valence-corrected chi connectivity index (χ3v) is 5.81. The lowest BCUT2D eigenvalue weighted by Crippen LogP contribution is -2.53. The van der Waals surface area contributed by atoms with Crippen LogP contribution in [0.1, 0.15) is 22.3 Å². The molecule has 2 aromatic carbocycles. The molecule has 0 aliphatic carbocycles. The molecule has 0 atom stereocenters. The molecule has 0 spiro atoms. The summed E-state index contributed by atoms with van der Waals surface area (Å²) < 4.78 is -1.86. The van der Waals surface area contributed by atoms with Crippen LogP contribution in [-0.2, 0) is 11.3 Å². The zero-order chi connectivity index (χ0) is 19.1. The van der Waals surface area contributed by atoms with Gasteiger partial charge in [-0.15, -0.1) is 20.5 Å². The Morgan fingerprint density at radius 3 is 1.30 bits per heavy atom. The van der Waals surface area contributed by atoms with Crippen LogP contribution < -0.4 is 0 Å². The summed E-state index contributed by atoms with van der Waals surface area (Å²) in [4.78, 5) is 0. The van der Waals surface area contributed by atoms with Crippen LogP contribution in [-0.4, -0.2) is 4.33 Å². The third kappa shape index (κ3) is 2.36. The highest BCUT2D eigenvalue weighted by atomic mass is 35.5. The SMILES string of the molecule is Cc1ccccc1C1(C(Cl)(Cl)C2(c3ccccc3C)N=NN=N2)N=NN=N1. The van der Waals surface area contributed by atoms with Crippen molar-refractivity contribution in [2.24, 2.45) is 41.4 Å². The molecule has 0 unspecified atom stereocenters. The van der Waals surface area contributed by atoms with Gasteiger partial charge in [0.2, 0.25) is 4.33 Å². The Labute approximate surface area is 165 Å². The quantitative estimate of drug-likeness (QED) is 0.549. The van der Waals surface area contributed by atoms with Crippen LogP contribution >= 0.6 is 23.2 Å². The second-order valence-corrected chi connectivity index (χ2v) is 7.63. The van der Waals surface area contributed by atoms with Crippen molar-refractivity contribution >= 4 is 23.2 Å². The van der Waals surface area contributed by atoms with Crippen molar-refractivity contribution < 1.29 is 0 Å². The second kappa shape index (κ2) is 6.24. The Kier molecular flexibility index (Phi) is 4.12. The van der Waals surface area contributed by atoms with E-state index in [9.17, 15) is 0 Å². The molecular formula is C17H14Cl2N8. The number of aryl methyl sites for hydroxylation is 2. The smallest absolute Gasteiger partial charge is 0.126 e. The third-order valence-electron chi connectivity index (χ3n) is 4.75. The number of halogens is 2. The monoisotopic (exact) mass is 400 g/mol. The van der Waals surface area contributed by atoms with Gasteiger partial charge in [0.05, 0.1) is 0 Å². The van der Waals surface area contributed by atoms with Crippen LogP contribution in [0.5, 0.6) is 0 Å². The summed E-state index contributed by atoms with van der Waals surface area (Å²) in [5.41, 5.74) is -0.0989. The minimum absolute atomic E-state index is 0.644. The maximum absolute atomic E-state index is 7.03. The fourth-order valence-electron chi connectivity index (χ4n) is 3.35. The maximum Gasteiger partial charge on any atom is 0.257 e. The van der Waals surface area contributed by atoms with Gasteiger partial charge >= 0.3 is 0 Å². The number of alkyl halides is 2. The van der Waals surface area contributed by atoms with E-state index in [0.717, 1.165) is 11.1 Å². The van der Waals surface area contributed by atoms with Crippen LogP contribution in [0.4, 0.5) is 0 Å². The topological polar surface area (TPSA) is 98.9 Å². The molecule has 10 heteroatoms. The molecular weight excluding hydrogens is 387 g/mol. The number of hydrogen-bond acceptors (Lipinski definition) is 8. The first-order chi connectivity index (χ1) is 12.9. The van der Waals surface area contributed by atoms with Gasteiger partial charge in [-0.25, -0.2) is 0 Å². The van der Waals surface area contributed by atoms with E-state index in [1.807, 2.05) is 62.4 Å². The summed E-state index contributed by atoms with van der Waals surface area (Å²) >= 11 is 14.1. The van der Waals surface area contributed by atoms with Gasteiger partial charge in [-0.05, 0) is 45.9 Å². The molecule has 2 heterocycles. The minimum atomic E-state index is -1.86. The first-order valence-corrected chi connectivity index (χ1v) is 8.88. The molecule has 2 aliphatic heterocycles. The van der Waals surface area contributed by atoms with Gasteiger partial charge in [0.25, 0.3) is 11.3 Å². The first-order valence-electron chi connectivity index (χ1n) is 8.13. The minimum Gasteiger partial charge on any atom is -0.126 e. The first kappa shape index (κ1) is 17.8. The summed E-state index contributed by atoms with van der Waals surface area (Å²) in [5, 5.41) is 31.8. The molecule has 4 rings (SSSR count). The molecule has 0 amide bonds. The van der Waals surface area contributed by atoms with Crippen molar-refractivity contribution in [1.82, 2.24) is 0 Å². The van der Waals surface area contributed by atoms with Crippen LogP contribution in [0.2, 0.25) is 0 Å². The molecule has 0 N–H and O–H groups in total. The lowest BCUT2D eigenvalue weighted by molar-refractivity contribution is 0.267. The fourth-order valence-corrected chi connectivity index (χ4v) is 4.06. The Morgan fingerprint density at radius 2 is 0.963 bits per heavy atom. The average Bonchev–Trinajstić information content (AvgIpc) is 3.34. The van der Waals surface area contributed by atoms with Crippen LogP contribution in [0.3, 0.4) is 0 Å². The van der Waals surface area contributed by atoms with Crippen molar-refractivity contribution in [3.05, 3.63) is 70.8 Å². The highest BCUT2D eigenvalue weighted by molar-refractivity contribution is 6.50. The van der Waals surface area contributed by atoms with E-state index in [4.69, 9.17) is 23.2 Å². The van der Waals surface area contributed by atoms with E-state index in [-0.39, 0.29) is 0 Å². The van der Waals surface area contributed by atoms with Gasteiger partial charge in [-0.3, -0.25) is 0 Å². The highest BCUT2D eigenvalue weighted by Gasteiger charge is 2.69. The molecule has 0 fully saturated rings. The van der Waals surface area contributed by atoms with E-state index < -0.39 is 15.7 Å². The Morgan fingerprint density at radius 1 is 0.630 bits per heavy atom. The van der Waals surface area contributed by atoms with Crippen LogP contribution in [0.25, 0.3) is 0 Å². The van der Waals surface area contributed by atoms with Gasteiger partial charge in [0.15, 0.2) is 0 Å². The van der Waals surface area contributed by atoms with Gasteiger partial charge in [0, 0.05) is 11.1 Å². The van der Waals surface area contributed by atoms with E-state index in [2.05, 4.69) is 41.4 Å². The maximum atomic E-state index is 7.03. The number of nitrogens with zero attached hydrogens (tertiary/aromatic N) is 8. The zero-order valence-corrected chi connectivity index (χ0v) is 16.0. The van der Waals surface area contributed by atoms with Gasteiger partial charge in [-0.1, -0.05) is 71.7 Å². The summed E-state index contributed by atoms with van der Waals surface area (Å²) in [5.74, 6) is 0. The predicted molar refractivity (Wildman–Crippen MR) is 99.6 cm³/mol. The van der Waals surface area contributed by atoms with Crippen molar-refractivity contribution in [2.75, 3.05) is 0 Å². The van der Waals surface area contributed by atoms with E-state index >= 15 is 0 Å². The molecule has 2 aliphatic rings. The lowest BCUT2D eigenvalue weighted by Gasteiger charge is -2.41. The average molecular weight is 401 g/mol. The molecule has 0 saturated heterocycles. The number of benzene rings is 2. The van der Waals surface area contributed by atoms with Crippen molar-refractivity contribution in [2.45, 2.75) is 29.5 Å². The van der Waals surface area contributed by atoms with Crippen LogP contribution in [0, 0.1) is 13.8 Å². The standard InChI is InChI=1S/C17H14Cl2N8/c1-11-7-3-5-9-13(11)15(20-24-25-21-15)17(18,19)16(22-26-27-23-16)14-10-6-4-8-12(14)2/h3-10H,1-2H3. The molecule has 136 valence electrons.